The van der Waals surface area contributed by atoms with Crippen LogP contribution < -0.4 is 9.47 Å². The van der Waals surface area contributed by atoms with Crippen LogP contribution in [0.5, 0.6) is 11.5 Å². The Morgan fingerprint density at radius 3 is 2.36 bits per heavy atom. The van der Waals surface area contributed by atoms with Gasteiger partial charge in [-0.2, -0.15) is 0 Å². The molecule has 0 amide bonds. The summed E-state index contributed by atoms with van der Waals surface area (Å²) in [6.07, 6.45) is 8.35. The summed E-state index contributed by atoms with van der Waals surface area (Å²) >= 11 is 0. The molecule has 0 radical (unpaired) electrons. The lowest BCUT2D eigenvalue weighted by atomic mass is 10.0. The second-order valence-corrected chi connectivity index (χ2v) is 6.61. The zero-order valence-electron chi connectivity index (χ0n) is 15.5. The molecule has 0 spiro atoms. The number of carboxylic acid groups (broad SMARTS) is 1. The first-order valence-corrected chi connectivity index (χ1v) is 9.14. The van der Waals surface area contributed by atoms with E-state index in [1.54, 1.807) is 6.07 Å². The molecule has 0 aromatic heterocycles. The van der Waals surface area contributed by atoms with Crippen molar-refractivity contribution in [1.82, 2.24) is 0 Å². The van der Waals surface area contributed by atoms with Gasteiger partial charge in [0.05, 0.1) is 6.61 Å². The number of benzene rings is 1. The minimum absolute atomic E-state index is 0.145. The Morgan fingerprint density at radius 1 is 1.04 bits per heavy atom. The molecule has 25 heavy (non-hydrogen) atoms. The van der Waals surface area contributed by atoms with Gasteiger partial charge < -0.3 is 14.6 Å². The van der Waals surface area contributed by atoms with Gasteiger partial charge in [0.2, 0.25) is 0 Å². The zero-order valence-corrected chi connectivity index (χ0v) is 15.5. The fourth-order valence-corrected chi connectivity index (χ4v) is 2.62. The molecule has 1 aromatic carbocycles. The number of carboxylic acids is 1. The summed E-state index contributed by atoms with van der Waals surface area (Å²) in [7, 11) is 0. The molecular formula is C20H30O5. The SMILES string of the molecule is CCOc1cc(CCCCCCCC(C)C)ccc1OC(=O)C(=O)O. The molecule has 0 saturated carbocycles. The number of ether oxygens (including phenoxy) is 2. The minimum atomic E-state index is -1.62. The van der Waals surface area contributed by atoms with E-state index in [1.807, 2.05) is 19.1 Å². The van der Waals surface area contributed by atoms with Crippen molar-refractivity contribution >= 4 is 11.9 Å². The molecule has 1 N–H and O–H groups in total. The molecule has 0 aliphatic heterocycles. The first kappa shape index (κ1) is 21.0. The van der Waals surface area contributed by atoms with Crippen molar-refractivity contribution in [2.75, 3.05) is 6.61 Å². The van der Waals surface area contributed by atoms with Crippen molar-refractivity contribution < 1.29 is 24.2 Å². The highest BCUT2D eigenvalue weighted by Crippen LogP contribution is 2.29. The van der Waals surface area contributed by atoms with Crippen LogP contribution in [0.15, 0.2) is 18.2 Å². The van der Waals surface area contributed by atoms with Gasteiger partial charge in [-0.05, 0) is 43.4 Å². The Balaban J connectivity index is 2.48. The van der Waals surface area contributed by atoms with Gasteiger partial charge in [-0.1, -0.05) is 52.0 Å². The molecule has 1 rings (SSSR count). The van der Waals surface area contributed by atoms with Crippen molar-refractivity contribution in [3.63, 3.8) is 0 Å². The van der Waals surface area contributed by atoms with Gasteiger partial charge in [-0.3, -0.25) is 0 Å². The molecule has 0 atom stereocenters. The van der Waals surface area contributed by atoms with Gasteiger partial charge in [0.1, 0.15) is 0 Å². The third kappa shape index (κ3) is 8.57. The Bertz CT molecular complexity index is 551. The normalized spacial score (nSPS) is 10.7. The number of hydrogen-bond acceptors (Lipinski definition) is 4. The van der Waals surface area contributed by atoms with Crippen LogP contribution in [0.25, 0.3) is 0 Å². The fraction of sp³-hybridized carbons (Fsp3) is 0.600. The lowest BCUT2D eigenvalue weighted by molar-refractivity contribution is -0.158. The summed E-state index contributed by atoms with van der Waals surface area (Å²) < 4.78 is 10.3. The summed E-state index contributed by atoms with van der Waals surface area (Å²) in [5.74, 6) is -1.59. The van der Waals surface area contributed by atoms with E-state index < -0.39 is 11.9 Å². The lowest BCUT2D eigenvalue weighted by Crippen LogP contribution is -2.19. The number of hydrogen-bond donors (Lipinski definition) is 1. The monoisotopic (exact) mass is 350 g/mol. The van der Waals surface area contributed by atoms with Crippen LogP contribution in [-0.2, 0) is 16.0 Å². The summed E-state index contributed by atoms with van der Waals surface area (Å²) in [6, 6.07) is 5.28. The third-order valence-electron chi connectivity index (χ3n) is 3.93. The topological polar surface area (TPSA) is 72.8 Å². The van der Waals surface area contributed by atoms with E-state index in [-0.39, 0.29) is 5.75 Å². The number of unbranched alkanes of at least 4 members (excludes halogenated alkanes) is 4. The molecule has 5 heteroatoms. The molecule has 0 saturated heterocycles. The molecule has 140 valence electrons. The highest BCUT2D eigenvalue weighted by atomic mass is 16.6. The van der Waals surface area contributed by atoms with Crippen LogP contribution >= 0.6 is 0 Å². The molecule has 0 heterocycles. The molecule has 0 bridgehead atoms. The number of aliphatic carboxylic acids is 1. The van der Waals surface area contributed by atoms with Gasteiger partial charge in [-0.15, -0.1) is 0 Å². The van der Waals surface area contributed by atoms with Crippen LogP contribution in [0.3, 0.4) is 0 Å². The molecular weight excluding hydrogens is 320 g/mol. The third-order valence-corrected chi connectivity index (χ3v) is 3.93. The molecule has 1 aromatic rings. The number of rotatable bonds is 11. The van der Waals surface area contributed by atoms with Crippen molar-refractivity contribution in [2.24, 2.45) is 5.92 Å². The van der Waals surface area contributed by atoms with Crippen LogP contribution in [0.4, 0.5) is 0 Å². The van der Waals surface area contributed by atoms with E-state index in [0.29, 0.717) is 12.4 Å². The standard InChI is InChI=1S/C20H30O5/c1-4-24-18-14-16(11-9-7-5-6-8-10-15(2)3)12-13-17(18)25-20(23)19(21)22/h12-15H,4-11H2,1-3H3,(H,21,22). The quantitative estimate of drug-likeness (QED) is 0.273. The van der Waals surface area contributed by atoms with Crippen LogP contribution in [0.2, 0.25) is 0 Å². The Kier molecular flexibility index (Phi) is 9.66. The second-order valence-electron chi connectivity index (χ2n) is 6.61. The predicted molar refractivity (Wildman–Crippen MR) is 97.1 cm³/mol. The number of aryl methyl sites for hydroxylation is 1. The van der Waals surface area contributed by atoms with E-state index in [1.165, 1.54) is 32.1 Å². The Morgan fingerprint density at radius 2 is 1.72 bits per heavy atom. The van der Waals surface area contributed by atoms with E-state index in [4.69, 9.17) is 14.6 Å². The van der Waals surface area contributed by atoms with Gasteiger partial charge in [0.15, 0.2) is 11.5 Å². The maximum atomic E-state index is 11.2. The van der Waals surface area contributed by atoms with Gasteiger partial charge in [0, 0.05) is 0 Å². The maximum absolute atomic E-state index is 11.2. The second kappa shape index (κ2) is 11.5. The number of carbonyl (C=O) groups is 2. The highest BCUT2D eigenvalue weighted by Gasteiger charge is 2.17. The van der Waals surface area contributed by atoms with E-state index in [0.717, 1.165) is 24.3 Å². The molecule has 0 unspecified atom stereocenters. The summed E-state index contributed by atoms with van der Waals surface area (Å²) in [5.41, 5.74) is 1.10. The smallest absolute Gasteiger partial charge is 0.422 e. The van der Waals surface area contributed by atoms with Gasteiger partial charge in [0.25, 0.3) is 0 Å². The maximum Gasteiger partial charge on any atom is 0.422 e. The van der Waals surface area contributed by atoms with Crippen molar-refractivity contribution in [3.05, 3.63) is 23.8 Å². The number of carbonyl (C=O) groups excluding carboxylic acids is 1. The average molecular weight is 350 g/mol. The first-order valence-electron chi connectivity index (χ1n) is 9.14. The van der Waals surface area contributed by atoms with Gasteiger partial charge in [-0.25, -0.2) is 9.59 Å². The van der Waals surface area contributed by atoms with Crippen molar-refractivity contribution in [3.8, 4) is 11.5 Å². The van der Waals surface area contributed by atoms with Crippen LogP contribution in [-0.4, -0.2) is 23.7 Å². The molecule has 0 aliphatic carbocycles. The molecule has 5 nitrogen and oxygen atoms in total. The van der Waals surface area contributed by atoms with Crippen LogP contribution in [0, 0.1) is 5.92 Å². The van der Waals surface area contributed by atoms with Gasteiger partial charge >= 0.3 is 11.9 Å². The fourth-order valence-electron chi connectivity index (χ4n) is 2.62. The van der Waals surface area contributed by atoms with Crippen LogP contribution in [0.1, 0.15) is 64.9 Å². The first-order chi connectivity index (χ1) is 11.9. The van der Waals surface area contributed by atoms with Crippen molar-refractivity contribution in [1.29, 1.82) is 0 Å². The van der Waals surface area contributed by atoms with E-state index >= 15 is 0 Å². The highest BCUT2D eigenvalue weighted by molar-refractivity contribution is 6.29. The summed E-state index contributed by atoms with van der Waals surface area (Å²) in [6.45, 7) is 6.75. The zero-order chi connectivity index (χ0) is 18.7. The minimum Gasteiger partial charge on any atom is -0.490 e. The molecule has 0 fully saturated rings. The summed E-state index contributed by atoms with van der Waals surface area (Å²) in [5, 5.41) is 8.64. The van der Waals surface area contributed by atoms with Crippen molar-refractivity contribution in [2.45, 2.75) is 65.7 Å². The lowest BCUT2D eigenvalue weighted by Gasteiger charge is -2.11. The largest absolute Gasteiger partial charge is 0.490 e. The predicted octanol–water partition coefficient (Wildman–Crippen LogP) is 4.61. The van der Waals surface area contributed by atoms with E-state index in [2.05, 4.69) is 13.8 Å². The Hall–Kier alpha value is -2.04. The average Bonchev–Trinajstić information content (AvgIpc) is 2.55. The van der Waals surface area contributed by atoms with E-state index in [9.17, 15) is 9.59 Å². The number of esters is 1. The Labute approximate surface area is 150 Å². The summed E-state index contributed by atoms with van der Waals surface area (Å²) in [4.78, 5) is 21.8. The molecule has 0 aliphatic rings.